The Labute approximate surface area is 219 Å². The fourth-order valence-electron chi connectivity index (χ4n) is 7.82. The van der Waals surface area contributed by atoms with Gasteiger partial charge in [0, 0.05) is 12.7 Å². The molecule has 7 rings (SSSR count). The number of hydrogen-bond acceptors (Lipinski definition) is 4. The summed E-state index contributed by atoms with van der Waals surface area (Å²) in [5, 5.41) is 13.1. The van der Waals surface area contributed by atoms with Gasteiger partial charge in [0.25, 0.3) is 5.91 Å². The third kappa shape index (κ3) is 4.03. The molecule has 2 aromatic heterocycles. The van der Waals surface area contributed by atoms with E-state index in [1.165, 1.54) is 18.2 Å². The molecular weight excluding hydrogens is 492 g/mol. The van der Waals surface area contributed by atoms with Gasteiger partial charge in [-0.2, -0.15) is 0 Å². The number of nitrogens with one attached hydrogen (secondary N) is 1. The predicted molar refractivity (Wildman–Crippen MR) is 135 cm³/mol. The van der Waals surface area contributed by atoms with E-state index < -0.39 is 23.0 Å². The molecule has 1 aromatic carbocycles. The average Bonchev–Trinajstić information content (AvgIpc) is 3.17. The quantitative estimate of drug-likeness (QED) is 0.444. The van der Waals surface area contributed by atoms with Gasteiger partial charge in [-0.25, -0.2) is 13.8 Å². The van der Waals surface area contributed by atoms with E-state index in [0.29, 0.717) is 47.6 Å². The SMILES string of the molecule is Cc1cc(OCc2c(F)cccc2F)c2nc(C)c(C(=O)NCC34CC5CC(C3)CC(C(=O)O)(C5)C4)n2c1. The lowest BCUT2D eigenvalue weighted by atomic mass is 9.44. The number of fused-ring (bicyclic) bond motifs is 1. The highest BCUT2D eigenvalue weighted by Crippen LogP contribution is 2.65. The lowest BCUT2D eigenvalue weighted by molar-refractivity contribution is -0.174. The second-order valence-corrected chi connectivity index (χ2v) is 11.8. The van der Waals surface area contributed by atoms with Gasteiger partial charge in [0.15, 0.2) is 11.4 Å². The fourth-order valence-corrected chi connectivity index (χ4v) is 7.82. The van der Waals surface area contributed by atoms with Crippen molar-refractivity contribution in [3.05, 3.63) is 64.6 Å². The maximum Gasteiger partial charge on any atom is 0.309 e. The number of rotatable bonds is 7. The van der Waals surface area contributed by atoms with Crippen molar-refractivity contribution < 1.29 is 28.2 Å². The monoisotopic (exact) mass is 523 g/mol. The normalized spacial score (nSPS) is 27.6. The Morgan fingerprint density at radius 2 is 1.84 bits per heavy atom. The van der Waals surface area contributed by atoms with Crippen LogP contribution in [0.5, 0.6) is 5.75 Å². The highest BCUT2D eigenvalue weighted by molar-refractivity contribution is 5.95. The van der Waals surface area contributed by atoms with Crippen LogP contribution in [0.25, 0.3) is 5.65 Å². The van der Waals surface area contributed by atoms with Crippen molar-refractivity contribution in [2.24, 2.45) is 22.7 Å². The minimum Gasteiger partial charge on any atom is -0.485 e. The number of aliphatic carboxylic acids is 1. The third-order valence-corrected chi connectivity index (χ3v) is 8.91. The first kappa shape index (κ1) is 24.8. The van der Waals surface area contributed by atoms with Crippen molar-refractivity contribution >= 4 is 17.5 Å². The molecule has 2 unspecified atom stereocenters. The summed E-state index contributed by atoms with van der Waals surface area (Å²) in [7, 11) is 0. The van der Waals surface area contributed by atoms with Crippen LogP contribution in [-0.2, 0) is 11.4 Å². The van der Waals surface area contributed by atoms with Crippen LogP contribution in [0.2, 0.25) is 0 Å². The molecule has 200 valence electrons. The van der Waals surface area contributed by atoms with E-state index in [2.05, 4.69) is 10.3 Å². The fraction of sp³-hybridized carbons (Fsp3) is 0.483. The standard InChI is InChI=1S/C29H31F2N3O4/c1-16-6-23(38-13-20-21(30)4-3-5-22(20)31)25-33-17(2)24(34(25)12-16)26(35)32-15-28-8-18-7-19(9-28)11-29(10-18,14-28)27(36)37/h3-6,12,18-19H,7-11,13-15H2,1-2H3,(H,32,35)(H,36,37). The summed E-state index contributed by atoms with van der Waals surface area (Å²) >= 11 is 0. The van der Waals surface area contributed by atoms with Gasteiger partial charge < -0.3 is 15.2 Å². The van der Waals surface area contributed by atoms with Crippen LogP contribution in [-0.4, -0.2) is 32.9 Å². The summed E-state index contributed by atoms with van der Waals surface area (Å²) in [5.41, 5.74) is 1.01. The largest absolute Gasteiger partial charge is 0.485 e. The Morgan fingerprint density at radius 3 is 2.50 bits per heavy atom. The Hall–Kier alpha value is -3.49. The van der Waals surface area contributed by atoms with Crippen molar-refractivity contribution in [3.8, 4) is 5.75 Å². The van der Waals surface area contributed by atoms with Crippen molar-refractivity contribution in [2.45, 2.75) is 59.0 Å². The molecule has 4 saturated carbocycles. The highest BCUT2D eigenvalue weighted by atomic mass is 19.1. The van der Waals surface area contributed by atoms with Crippen LogP contribution in [0, 0.1) is 48.1 Å². The number of carbonyl (C=O) groups is 2. The highest BCUT2D eigenvalue weighted by Gasteiger charge is 2.60. The van der Waals surface area contributed by atoms with Crippen molar-refractivity contribution in [1.29, 1.82) is 0 Å². The number of aryl methyl sites for hydroxylation is 2. The molecule has 0 spiro atoms. The molecule has 0 saturated heterocycles. The number of carboxylic acid groups (broad SMARTS) is 1. The number of pyridine rings is 1. The van der Waals surface area contributed by atoms with E-state index in [-0.39, 0.29) is 23.5 Å². The minimum absolute atomic E-state index is 0.178. The number of halogens is 2. The van der Waals surface area contributed by atoms with Gasteiger partial charge in [-0.15, -0.1) is 0 Å². The molecule has 0 radical (unpaired) electrons. The number of amides is 1. The number of carboxylic acids is 1. The summed E-state index contributed by atoms with van der Waals surface area (Å²) in [4.78, 5) is 30.3. The van der Waals surface area contributed by atoms with Crippen molar-refractivity contribution in [1.82, 2.24) is 14.7 Å². The topological polar surface area (TPSA) is 92.9 Å². The smallest absolute Gasteiger partial charge is 0.309 e. The molecule has 4 aliphatic carbocycles. The summed E-state index contributed by atoms with van der Waals surface area (Å²) in [6, 6.07) is 5.38. The molecular formula is C29H31F2N3O4. The first-order valence-corrected chi connectivity index (χ1v) is 13.1. The molecule has 3 aromatic rings. The van der Waals surface area contributed by atoms with Crippen molar-refractivity contribution in [3.63, 3.8) is 0 Å². The van der Waals surface area contributed by atoms with Gasteiger partial charge in [0.2, 0.25) is 0 Å². The van der Waals surface area contributed by atoms with E-state index in [4.69, 9.17) is 4.74 Å². The zero-order chi connectivity index (χ0) is 26.8. The average molecular weight is 524 g/mol. The van der Waals surface area contributed by atoms with Crippen molar-refractivity contribution in [2.75, 3.05) is 6.54 Å². The maximum atomic E-state index is 14.1. The number of benzene rings is 1. The molecule has 0 aliphatic heterocycles. The molecule has 2 atom stereocenters. The van der Waals surface area contributed by atoms with Crippen LogP contribution in [0.1, 0.15) is 65.8 Å². The van der Waals surface area contributed by atoms with Gasteiger partial charge >= 0.3 is 5.97 Å². The molecule has 4 aliphatic rings. The van der Waals surface area contributed by atoms with Gasteiger partial charge in [0.1, 0.15) is 23.9 Å². The maximum absolute atomic E-state index is 14.1. The van der Waals surface area contributed by atoms with Gasteiger partial charge in [-0.1, -0.05) is 6.07 Å². The zero-order valence-electron chi connectivity index (χ0n) is 21.5. The van der Waals surface area contributed by atoms with E-state index in [1.807, 2.05) is 6.92 Å². The molecule has 4 bridgehead atoms. The van der Waals surface area contributed by atoms with Crippen LogP contribution >= 0.6 is 0 Å². The van der Waals surface area contributed by atoms with E-state index in [0.717, 1.165) is 37.7 Å². The Bertz CT molecular complexity index is 1430. The molecule has 4 fully saturated rings. The molecule has 9 heteroatoms. The molecule has 2 N–H and O–H groups in total. The van der Waals surface area contributed by atoms with Gasteiger partial charge in [-0.05, 0) is 93.4 Å². The van der Waals surface area contributed by atoms with Crippen LogP contribution in [0.15, 0.2) is 30.5 Å². The molecule has 7 nitrogen and oxygen atoms in total. The first-order chi connectivity index (χ1) is 18.1. The molecule has 1 amide bonds. The Balaban J connectivity index is 1.24. The number of nitrogens with zero attached hydrogens (tertiary/aromatic N) is 2. The molecule has 2 heterocycles. The number of hydrogen-bond donors (Lipinski definition) is 2. The Kier molecular flexibility index (Phi) is 5.74. The van der Waals surface area contributed by atoms with E-state index in [9.17, 15) is 23.5 Å². The van der Waals surface area contributed by atoms with Gasteiger partial charge in [0.05, 0.1) is 16.7 Å². The van der Waals surface area contributed by atoms with Gasteiger partial charge in [-0.3, -0.25) is 14.0 Å². The summed E-state index contributed by atoms with van der Waals surface area (Å²) < 4.78 is 35.7. The lowest BCUT2D eigenvalue weighted by Crippen LogP contribution is -2.58. The number of aromatic nitrogens is 2. The second kappa shape index (κ2) is 8.78. The zero-order valence-corrected chi connectivity index (χ0v) is 21.5. The van der Waals surface area contributed by atoms with Crippen LogP contribution in [0.4, 0.5) is 8.78 Å². The second-order valence-electron chi connectivity index (χ2n) is 11.8. The number of imidazole rings is 1. The van der Waals surface area contributed by atoms with E-state index in [1.54, 1.807) is 23.6 Å². The number of carbonyl (C=O) groups excluding carboxylic acids is 1. The first-order valence-electron chi connectivity index (χ1n) is 13.1. The van der Waals surface area contributed by atoms with E-state index >= 15 is 0 Å². The minimum atomic E-state index is -0.696. The lowest BCUT2D eigenvalue weighted by Gasteiger charge is -2.60. The molecule has 38 heavy (non-hydrogen) atoms. The summed E-state index contributed by atoms with van der Waals surface area (Å²) in [5.74, 6) is -1.23. The van der Waals surface area contributed by atoms with Crippen LogP contribution < -0.4 is 10.1 Å². The summed E-state index contributed by atoms with van der Waals surface area (Å²) in [6.45, 7) is 3.69. The summed E-state index contributed by atoms with van der Waals surface area (Å²) in [6.07, 6.45) is 6.89. The Morgan fingerprint density at radius 1 is 1.16 bits per heavy atom. The number of ether oxygens (including phenoxy) is 1. The third-order valence-electron chi connectivity index (χ3n) is 8.91. The predicted octanol–water partition coefficient (Wildman–Crippen LogP) is 5.21. The van der Waals surface area contributed by atoms with Crippen LogP contribution in [0.3, 0.4) is 0 Å².